The Bertz CT molecular complexity index is 1240. The molecule has 33 heavy (non-hydrogen) atoms. The fourth-order valence-electron chi connectivity index (χ4n) is 4.07. The van der Waals surface area contributed by atoms with Crippen LogP contribution in [0.4, 0.5) is 5.69 Å². The lowest BCUT2D eigenvalue weighted by Gasteiger charge is -2.21. The highest BCUT2D eigenvalue weighted by molar-refractivity contribution is 7.99. The van der Waals surface area contributed by atoms with Crippen LogP contribution in [0.2, 0.25) is 0 Å². The van der Waals surface area contributed by atoms with Gasteiger partial charge in [-0.3, -0.25) is 9.79 Å². The van der Waals surface area contributed by atoms with Gasteiger partial charge in [0.25, 0.3) is 5.91 Å². The summed E-state index contributed by atoms with van der Waals surface area (Å²) in [5.74, 6) is 1.34. The van der Waals surface area contributed by atoms with Crippen LogP contribution in [-0.4, -0.2) is 24.8 Å². The van der Waals surface area contributed by atoms with Gasteiger partial charge in [-0.05, 0) is 55.3 Å². The summed E-state index contributed by atoms with van der Waals surface area (Å²) in [6, 6.07) is 19.8. The molecular formula is C27H26N2O3S. The minimum atomic E-state index is -0.176. The molecule has 3 aromatic rings. The SMILES string of the molecule is CCCC1=Nc2cc(C(=O)N[C@H](C)c3ccc4c(c3)OCCO4)ccc2Sc2ccccc21. The molecule has 2 aliphatic rings. The Balaban J connectivity index is 1.39. The molecule has 5 nitrogen and oxygen atoms in total. The summed E-state index contributed by atoms with van der Waals surface area (Å²) >= 11 is 1.71. The molecule has 3 aromatic carbocycles. The van der Waals surface area contributed by atoms with Crippen molar-refractivity contribution in [1.82, 2.24) is 5.32 Å². The van der Waals surface area contributed by atoms with Crippen LogP contribution in [0.15, 0.2) is 75.4 Å². The molecule has 1 amide bonds. The molecule has 0 saturated carbocycles. The van der Waals surface area contributed by atoms with Crippen molar-refractivity contribution >= 4 is 29.1 Å². The summed E-state index contributed by atoms with van der Waals surface area (Å²) in [7, 11) is 0. The van der Waals surface area contributed by atoms with Crippen LogP contribution in [0.3, 0.4) is 0 Å². The molecule has 0 spiro atoms. The molecule has 1 N–H and O–H groups in total. The Kier molecular flexibility index (Phi) is 6.09. The molecule has 0 aliphatic carbocycles. The molecule has 6 heteroatoms. The molecule has 0 saturated heterocycles. The monoisotopic (exact) mass is 458 g/mol. The van der Waals surface area contributed by atoms with Gasteiger partial charge in [-0.15, -0.1) is 0 Å². The Hall–Kier alpha value is -3.25. The van der Waals surface area contributed by atoms with Gasteiger partial charge < -0.3 is 14.8 Å². The summed E-state index contributed by atoms with van der Waals surface area (Å²) in [6.45, 7) is 5.22. The number of carbonyl (C=O) groups excluding carboxylic acids is 1. The van der Waals surface area contributed by atoms with Crippen molar-refractivity contribution < 1.29 is 14.3 Å². The van der Waals surface area contributed by atoms with Crippen molar-refractivity contribution in [3.8, 4) is 11.5 Å². The molecule has 1 atom stereocenters. The van der Waals surface area contributed by atoms with E-state index < -0.39 is 0 Å². The number of carbonyl (C=O) groups is 1. The van der Waals surface area contributed by atoms with Gasteiger partial charge >= 0.3 is 0 Å². The van der Waals surface area contributed by atoms with E-state index in [4.69, 9.17) is 14.5 Å². The van der Waals surface area contributed by atoms with Crippen LogP contribution in [0.5, 0.6) is 11.5 Å². The second-order valence-electron chi connectivity index (χ2n) is 8.19. The first-order valence-corrected chi connectivity index (χ1v) is 12.1. The van der Waals surface area contributed by atoms with Crippen molar-refractivity contribution in [2.24, 2.45) is 4.99 Å². The topological polar surface area (TPSA) is 59.9 Å². The maximum absolute atomic E-state index is 13.1. The molecule has 0 unspecified atom stereocenters. The summed E-state index contributed by atoms with van der Waals surface area (Å²) in [5, 5.41) is 3.10. The second-order valence-corrected chi connectivity index (χ2v) is 9.27. The van der Waals surface area contributed by atoms with E-state index in [1.54, 1.807) is 11.8 Å². The van der Waals surface area contributed by atoms with Gasteiger partial charge in [0.2, 0.25) is 0 Å². The average Bonchev–Trinajstić information content (AvgIpc) is 3.00. The van der Waals surface area contributed by atoms with E-state index in [0.717, 1.165) is 46.2 Å². The molecule has 2 aliphatic heterocycles. The van der Waals surface area contributed by atoms with Crippen molar-refractivity contribution in [3.05, 3.63) is 77.4 Å². The van der Waals surface area contributed by atoms with Crippen LogP contribution in [0.1, 0.15) is 54.2 Å². The predicted molar refractivity (Wildman–Crippen MR) is 131 cm³/mol. The molecule has 0 aromatic heterocycles. The highest BCUT2D eigenvalue weighted by Gasteiger charge is 2.20. The van der Waals surface area contributed by atoms with E-state index in [2.05, 4.69) is 36.5 Å². The number of ether oxygens (including phenoxy) is 2. The van der Waals surface area contributed by atoms with E-state index in [-0.39, 0.29) is 11.9 Å². The smallest absolute Gasteiger partial charge is 0.251 e. The minimum absolute atomic E-state index is 0.126. The zero-order chi connectivity index (χ0) is 22.8. The first kappa shape index (κ1) is 21.6. The number of hydrogen-bond acceptors (Lipinski definition) is 5. The number of rotatable bonds is 5. The maximum atomic E-state index is 13.1. The predicted octanol–water partition coefficient (Wildman–Crippen LogP) is 6.33. The van der Waals surface area contributed by atoms with Gasteiger partial charge in [-0.1, -0.05) is 49.4 Å². The number of amides is 1. The highest BCUT2D eigenvalue weighted by atomic mass is 32.2. The number of aliphatic imine (C=N–C) groups is 1. The fourth-order valence-corrected chi connectivity index (χ4v) is 5.09. The van der Waals surface area contributed by atoms with Gasteiger partial charge in [-0.25, -0.2) is 0 Å². The second kappa shape index (κ2) is 9.32. The standard InChI is InChI=1S/C27H26N2O3S/c1-3-6-21-20-7-4-5-8-25(20)33-26-12-10-19(15-22(26)29-21)27(30)28-17(2)18-9-11-23-24(16-18)32-14-13-31-23/h4-5,7-12,15-17H,3,6,13-14H2,1-2H3,(H,28,30)/t17-/m1/s1. The van der Waals surface area contributed by atoms with Crippen LogP contribution >= 0.6 is 11.8 Å². The van der Waals surface area contributed by atoms with Gasteiger partial charge in [0, 0.05) is 26.6 Å². The first-order chi connectivity index (χ1) is 16.1. The highest BCUT2D eigenvalue weighted by Crippen LogP contribution is 2.41. The third kappa shape index (κ3) is 4.48. The maximum Gasteiger partial charge on any atom is 0.251 e. The van der Waals surface area contributed by atoms with Gasteiger partial charge in [0.1, 0.15) is 13.2 Å². The lowest BCUT2D eigenvalue weighted by atomic mass is 10.1. The summed E-state index contributed by atoms with van der Waals surface area (Å²) < 4.78 is 11.3. The molecule has 0 bridgehead atoms. The minimum Gasteiger partial charge on any atom is -0.486 e. The normalized spacial score (nSPS) is 14.9. The van der Waals surface area contributed by atoms with Crippen molar-refractivity contribution in [1.29, 1.82) is 0 Å². The third-order valence-electron chi connectivity index (χ3n) is 5.80. The van der Waals surface area contributed by atoms with Crippen LogP contribution in [-0.2, 0) is 0 Å². The van der Waals surface area contributed by atoms with E-state index in [1.807, 2.05) is 43.3 Å². The Morgan fingerprint density at radius 2 is 1.85 bits per heavy atom. The van der Waals surface area contributed by atoms with Crippen molar-refractivity contribution in [2.75, 3.05) is 13.2 Å². The Morgan fingerprint density at radius 1 is 1.03 bits per heavy atom. The largest absolute Gasteiger partial charge is 0.486 e. The number of nitrogens with one attached hydrogen (secondary N) is 1. The zero-order valence-electron chi connectivity index (χ0n) is 18.8. The van der Waals surface area contributed by atoms with E-state index in [0.29, 0.717) is 18.8 Å². The number of fused-ring (bicyclic) bond motifs is 3. The number of benzene rings is 3. The van der Waals surface area contributed by atoms with Gasteiger partial charge in [-0.2, -0.15) is 0 Å². The quantitative estimate of drug-likeness (QED) is 0.485. The average molecular weight is 459 g/mol. The molecular weight excluding hydrogens is 432 g/mol. The van der Waals surface area contributed by atoms with E-state index >= 15 is 0 Å². The van der Waals surface area contributed by atoms with Crippen LogP contribution in [0, 0.1) is 0 Å². The molecule has 5 rings (SSSR count). The molecule has 0 radical (unpaired) electrons. The molecule has 168 valence electrons. The number of nitrogens with zero attached hydrogens (tertiary/aromatic N) is 1. The third-order valence-corrected chi connectivity index (χ3v) is 6.94. The van der Waals surface area contributed by atoms with Crippen molar-refractivity contribution in [3.63, 3.8) is 0 Å². The summed E-state index contributed by atoms with van der Waals surface area (Å²) in [5.41, 5.74) is 4.67. The first-order valence-electron chi connectivity index (χ1n) is 11.3. The van der Waals surface area contributed by atoms with Crippen LogP contribution in [0.25, 0.3) is 0 Å². The lowest BCUT2D eigenvalue weighted by Crippen LogP contribution is -2.26. The fraction of sp³-hybridized carbons (Fsp3) is 0.259. The number of hydrogen-bond donors (Lipinski definition) is 1. The van der Waals surface area contributed by atoms with Crippen molar-refractivity contribution in [2.45, 2.75) is 42.5 Å². The Morgan fingerprint density at radius 3 is 2.70 bits per heavy atom. The van der Waals surface area contributed by atoms with Crippen LogP contribution < -0.4 is 14.8 Å². The summed E-state index contributed by atoms with van der Waals surface area (Å²) in [6.07, 6.45) is 1.91. The van der Waals surface area contributed by atoms with Gasteiger partial charge in [0.05, 0.1) is 11.7 Å². The lowest BCUT2D eigenvalue weighted by molar-refractivity contribution is 0.0939. The summed E-state index contributed by atoms with van der Waals surface area (Å²) in [4.78, 5) is 20.3. The molecule has 2 heterocycles. The van der Waals surface area contributed by atoms with E-state index in [9.17, 15) is 4.79 Å². The zero-order valence-corrected chi connectivity index (χ0v) is 19.6. The van der Waals surface area contributed by atoms with Gasteiger partial charge in [0.15, 0.2) is 11.5 Å². The Labute approximate surface area is 198 Å². The molecule has 0 fully saturated rings. The van der Waals surface area contributed by atoms with E-state index in [1.165, 1.54) is 10.5 Å².